The van der Waals surface area contributed by atoms with Gasteiger partial charge in [-0.05, 0) is 24.6 Å². The highest BCUT2D eigenvalue weighted by atomic mass is 32.2. The van der Waals surface area contributed by atoms with Crippen LogP contribution >= 0.6 is 0 Å². The summed E-state index contributed by atoms with van der Waals surface area (Å²) in [6.07, 6.45) is 2.65. The van der Waals surface area contributed by atoms with Gasteiger partial charge in [-0.2, -0.15) is 4.98 Å². The van der Waals surface area contributed by atoms with E-state index in [9.17, 15) is 13.2 Å². The van der Waals surface area contributed by atoms with Gasteiger partial charge < -0.3 is 9.26 Å². The number of carbonyl (C=O) groups excluding carboxylic acids is 1. The third-order valence-electron chi connectivity index (χ3n) is 2.81. The number of rotatable bonds is 6. The second-order valence-corrected chi connectivity index (χ2v) is 6.75. The van der Waals surface area contributed by atoms with Crippen LogP contribution in [0, 0.1) is 0 Å². The van der Waals surface area contributed by atoms with Crippen LogP contribution in [-0.2, 0) is 27.6 Å². The number of esters is 1. The lowest BCUT2D eigenvalue weighted by Crippen LogP contribution is -2.07. The SMILES string of the molecule is CCCc1noc(COC(=O)c2cccc(S(C)(=O)=O)c2)n1. The van der Waals surface area contributed by atoms with Gasteiger partial charge in [-0.15, -0.1) is 0 Å². The van der Waals surface area contributed by atoms with Gasteiger partial charge in [-0.1, -0.05) is 18.1 Å². The van der Waals surface area contributed by atoms with Gasteiger partial charge in [0.15, 0.2) is 22.3 Å². The largest absolute Gasteiger partial charge is 0.452 e. The number of sulfone groups is 1. The molecule has 1 aromatic carbocycles. The quantitative estimate of drug-likeness (QED) is 0.747. The molecule has 22 heavy (non-hydrogen) atoms. The van der Waals surface area contributed by atoms with Crippen LogP contribution in [0.1, 0.15) is 35.4 Å². The Morgan fingerprint density at radius 2 is 2.14 bits per heavy atom. The fourth-order valence-corrected chi connectivity index (χ4v) is 2.41. The van der Waals surface area contributed by atoms with Gasteiger partial charge >= 0.3 is 5.97 Å². The van der Waals surface area contributed by atoms with E-state index in [-0.39, 0.29) is 23.0 Å². The van der Waals surface area contributed by atoms with Gasteiger partial charge in [0.25, 0.3) is 5.89 Å². The summed E-state index contributed by atoms with van der Waals surface area (Å²) in [5.74, 6) is 0.115. The second kappa shape index (κ2) is 6.69. The number of hydrogen-bond acceptors (Lipinski definition) is 7. The van der Waals surface area contributed by atoms with Crippen molar-refractivity contribution in [2.75, 3.05) is 6.26 Å². The van der Waals surface area contributed by atoms with E-state index in [4.69, 9.17) is 9.26 Å². The maximum absolute atomic E-state index is 11.9. The molecular formula is C14H16N2O5S. The maximum Gasteiger partial charge on any atom is 0.338 e. The van der Waals surface area contributed by atoms with Gasteiger partial charge in [0.1, 0.15) is 0 Å². The van der Waals surface area contributed by atoms with Crippen LogP contribution in [0.25, 0.3) is 0 Å². The van der Waals surface area contributed by atoms with Gasteiger partial charge in [0.2, 0.25) is 0 Å². The average molecular weight is 324 g/mol. The Hall–Kier alpha value is -2.22. The molecule has 0 spiro atoms. The smallest absolute Gasteiger partial charge is 0.338 e. The first-order valence-corrected chi connectivity index (χ1v) is 8.58. The molecule has 0 atom stereocenters. The van der Waals surface area contributed by atoms with E-state index >= 15 is 0 Å². The van der Waals surface area contributed by atoms with Gasteiger partial charge in [0.05, 0.1) is 10.5 Å². The van der Waals surface area contributed by atoms with E-state index in [1.807, 2.05) is 6.92 Å². The molecular weight excluding hydrogens is 308 g/mol. The van der Waals surface area contributed by atoms with Crippen molar-refractivity contribution >= 4 is 15.8 Å². The first-order chi connectivity index (χ1) is 10.4. The predicted molar refractivity (Wildman–Crippen MR) is 77.0 cm³/mol. The Balaban J connectivity index is 2.03. The zero-order valence-electron chi connectivity index (χ0n) is 12.3. The molecule has 118 valence electrons. The van der Waals surface area contributed by atoms with E-state index in [0.29, 0.717) is 12.2 Å². The topological polar surface area (TPSA) is 99.4 Å². The van der Waals surface area contributed by atoms with E-state index in [0.717, 1.165) is 12.7 Å². The molecule has 0 fully saturated rings. The second-order valence-electron chi connectivity index (χ2n) is 4.73. The Labute approximate surface area is 128 Å². The standard InChI is InChI=1S/C14H16N2O5S/c1-3-5-12-15-13(21-16-12)9-20-14(17)10-6-4-7-11(8-10)22(2,18)19/h4,6-8H,3,5,9H2,1-2H3. The third-order valence-corrected chi connectivity index (χ3v) is 3.92. The molecule has 0 aliphatic rings. The molecule has 0 aliphatic heterocycles. The first-order valence-electron chi connectivity index (χ1n) is 6.69. The summed E-state index contributed by atoms with van der Waals surface area (Å²) in [4.78, 5) is 16.1. The van der Waals surface area contributed by atoms with Crippen LogP contribution in [0.3, 0.4) is 0 Å². The maximum atomic E-state index is 11.9. The Bertz CT molecular complexity index is 767. The summed E-state index contributed by atoms with van der Waals surface area (Å²) in [5, 5.41) is 3.75. The predicted octanol–water partition coefficient (Wildman–Crippen LogP) is 1.78. The summed E-state index contributed by atoms with van der Waals surface area (Å²) >= 11 is 0. The first kappa shape index (κ1) is 16.2. The lowest BCUT2D eigenvalue weighted by atomic mass is 10.2. The van der Waals surface area contributed by atoms with Crippen molar-refractivity contribution in [1.82, 2.24) is 10.1 Å². The summed E-state index contributed by atoms with van der Waals surface area (Å²) < 4.78 is 32.9. The number of nitrogens with zero attached hydrogens (tertiary/aromatic N) is 2. The molecule has 0 saturated carbocycles. The number of aryl methyl sites for hydroxylation is 1. The van der Waals surface area contributed by atoms with Crippen molar-refractivity contribution in [3.8, 4) is 0 Å². The third kappa shape index (κ3) is 4.14. The summed E-state index contributed by atoms with van der Waals surface area (Å²) in [6.45, 7) is 1.84. The van der Waals surface area contributed by atoms with Crippen LogP contribution in [0.2, 0.25) is 0 Å². The fourth-order valence-electron chi connectivity index (χ4n) is 1.74. The van der Waals surface area contributed by atoms with E-state index < -0.39 is 15.8 Å². The molecule has 2 rings (SSSR count). The molecule has 0 radical (unpaired) electrons. The minimum absolute atomic E-state index is 0.0602. The van der Waals surface area contributed by atoms with E-state index in [1.165, 1.54) is 24.3 Å². The molecule has 8 heteroatoms. The number of ether oxygens (including phenoxy) is 1. The number of aromatic nitrogens is 2. The highest BCUT2D eigenvalue weighted by Crippen LogP contribution is 2.13. The monoisotopic (exact) mass is 324 g/mol. The molecule has 0 saturated heterocycles. The summed E-state index contributed by atoms with van der Waals surface area (Å²) in [6, 6.07) is 5.65. The molecule has 0 amide bonds. The molecule has 7 nitrogen and oxygen atoms in total. The number of hydrogen-bond donors (Lipinski definition) is 0. The van der Waals surface area contributed by atoms with Crippen LogP contribution in [0.5, 0.6) is 0 Å². The lowest BCUT2D eigenvalue weighted by Gasteiger charge is -2.03. The molecule has 2 aromatic rings. The van der Waals surface area contributed by atoms with Crippen LogP contribution in [-0.4, -0.2) is 30.8 Å². The van der Waals surface area contributed by atoms with Crippen molar-refractivity contribution in [2.45, 2.75) is 31.3 Å². The normalized spacial score (nSPS) is 11.4. The minimum atomic E-state index is -3.38. The Morgan fingerprint density at radius 1 is 1.36 bits per heavy atom. The molecule has 0 bridgehead atoms. The zero-order valence-corrected chi connectivity index (χ0v) is 13.1. The average Bonchev–Trinajstić information content (AvgIpc) is 2.92. The van der Waals surface area contributed by atoms with Crippen molar-refractivity contribution in [3.05, 3.63) is 41.5 Å². The molecule has 1 heterocycles. The Kier molecular flexibility index (Phi) is 4.92. The zero-order chi connectivity index (χ0) is 16.2. The van der Waals surface area contributed by atoms with Crippen molar-refractivity contribution in [3.63, 3.8) is 0 Å². The minimum Gasteiger partial charge on any atom is -0.452 e. The van der Waals surface area contributed by atoms with Crippen molar-refractivity contribution in [2.24, 2.45) is 0 Å². The molecule has 0 unspecified atom stereocenters. The summed E-state index contributed by atoms with van der Waals surface area (Å²) in [7, 11) is -3.38. The van der Waals surface area contributed by atoms with Crippen LogP contribution in [0.15, 0.2) is 33.7 Å². The highest BCUT2D eigenvalue weighted by molar-refractivity contribution is 7.90. The highest BCUT2D eigenvalue weighted by Gasteiger charge is 2.14. The molecule has 0 aliphatic carbocycles. The van der Waals surface area contributed by atoms with Crippen molar-refractivity contribution < 1.29 is 22.5 Å². The molecule has 1 aromatic heterocycles. The van der Waals surface area contributed by atoms with E-state index in [1.54, 1.807) is 0 Å². The number of carbonyl (C=O) groups is 1. The van der Waals surface area contributed by atoms with Gasteiger partial charge in [-0.3, -0.25) is 0 Å². The molecule has 0 N–H and O–H groups in total. The lowest BCUT2D eigenvalue weighted by molar-refractivity contribution is 0.0429. The van der Waals surface area contributed by atoms with Crippen LogP contribution < -0.4 is 0 Å². The van der Waals surface area contributed by atoms with Crippen molar-refractivity contribution in [1.29, 1.82) is 0 Å². The number of benzene rings is 1. The van der Waals surface area contributed by atoms with Gasteiger partial charge in [-0.25, -0.2) is 13.2 Å². The van der Waals surface area contributed by atoms with E-state index in [2.05, 4.69) is 10.1 Å². The Morgan fingerprint density at radius 3 is 2.82 bits per heavy atom. The fraction of sp³-hybridized carbons (Fsp3) is 0.357. The van der Waals surface area contributed by atoms with Gasteiger partial charge in [0, 0.05) is 12.7 Å². The van der Waals surface area contributed by atoms with Crippen LogP contribution in [0.4, 0.5) is 0 Å². The summed E-state index contributed by atoms with van der Waals surface area (Å²) in [5.41, 5.74) is 0.149.